The molecule has 1 aromatic carbocycles. The molecule has 0 spiro atoms. The van der Waals surface area contributed by atoms with Gasteiger partial charge in [0, 0.05) is 18.8 Å². The molecule has 1 aliphatic heterocycles. The van der Waals surface area contributed by atoms with Crippen molar-refractivity contribution in [1.82, 2.24) is 0 Å². The fraction of sp³-hybridized carbons (Fsp3) is 0.500. The summed E-state index contributed by atoms with van der Waals surface area (Å²) in [6.45, 7) is 1.77. The minimum absolute atomic E-state index is 0.350. The molecule has 1 heterocycles. The van der Waals surface area contributed by atoms with Gasteiger partial charge in [-0.05, 0) is 37.0 Å². The molecule has 2 rings (SSSR count). The molecule has 0 aliphatic carbocycles. The molecule has 1 N–H and O–H groups in total. The third-order valence-corrected chi connectivity index (χ3v) is 3.04. The number of benzene rings is 1. The summed E-state index contributed by atoms with van der Waals surface area (Å²) >= 11 is 0. The van der Waals surface area contributed by atoms with E-state index < -0.39 is 0 Å². The minimum Gasteiger partial charge on any atom is -0.382 e. The third-order valence-electron chi connectivity index (χ3n) is 3.04. The normalized spacial score (nSPS) is 19.6. The lowest BCUT2D eigenvalue weighted by Crippen LogP contribution is -2.26. The SMILES string of the molecule is N#CCc1ccc(NCC2CCCCO2)cc1. The lowest BCUT2D eigenvalue weighted by molar-refractivity contribution is 0.0247. The van der Waals surface area contributed by atoms with Crippen LogP contribution >= 0.6 is 0 Å². The molecule has 1 atom stereocenters. The van der Waals surface area contributed by atoms with Crippen molar-refractivity contribution in [3.8, 4) is 6.07 Å². The maximum Gasteiger partial charge on any atom is 0.0747 e. The first-order chi connectivity index (χ1) is 8.38. The standard InChI is InChI=1S/C14H18N2O/c15-9-8-12-4-6-13(7-5-12)16-11-14-3-1-2-10-17-14/h4-7,14,16H,1-3,8,10-11H2. The fourth-order valence-corrected chi connectivity index (χ4v) is 2.03. The van der Waals surface area contributed by atoms with Gasteiger partial charge in [-0.1, -0.05) is 12.1 Å². The molecule has 1 aromatic rings. The van der Waals surface area contributed by atoms with E-state index in [-0.39, 0.29) is 0 Å². The van der Waals surface area contributed by atoms with Gasteiger partial charge in [0.15, 0.2) is 0 Å². The Hall–Kier alpha value is -1.53. The second kappa shape index (κ2) is 6.27. The van der Waals surface area contributed by atoms with Gasteiger partial charge >= 0.3 is 0 Å². The van der Waals surface area contributed by atoms with Gasteiger partial charge in [0.05, 0.1) is 18.6 Å². The Morgan fingerprint density at radius 2 is 2.12 bits per heavy atom. The number of nitrogens with one attached hydrogen (secondary N) is 1. The number of nitrogens with zero attached hydrogens (tertiary/aromatic N) is 1. The predicted octanol–water partition coefficient (Wildman–Crippen LogP) is 2.73. The summed E-state index contributed by atoms with van der Waals surface area (Å²) in [7, 11) is 0. The molecule has 1 unspecified atom stereocenters. The molecule has 0 saturated carbocycles. The van der Waals surface area contributed by atoms with Gasteiger partial charge < -0.3 is 10.1 Å². The van der Waals surface area contributed by atoms with Crippen molar-refractivity contribution in [1.29, 1.82) is 5.26 Å². The third kappa shape index (κ3) is 3.76. The average molecular weight is 230 g/mol. The first kappa shape index (κ1) is 11.9. The van der Waals surface area contributed by atoms with Crippen LogP contribution in [0.1, 0.15) is 24.8 Å². The summed E-state index contributed by atoms with van der Waals surface area (Å²) in [6, 6.07) is 10.2. The van der Waals surface area contributed by atoms with E-state index >= 15 is 0 Å². The molecule has 1 saturated heterocycles. The van der Waals surface area contributed by atoms with E-state index in [2.05, 4.69) is 11.4 Å². The summed E-state index contributed by atoms with van der Waals surface area (Å²) in [4.78, 5) is 0. The predicted molar refractivity (Wildman–Crippen MR) is 67.8 cm³/mol. The van der Waals surface area contributed by atoms with Gasteiger partial charge in [-0.25, -0.2) is 0 Å². The van der Waals surface area contributed by atoms with Crippen LogP contribution in [0.4, 0.5) is 5.69 Å². The number of hydrogen-bond donors (Lipinski definition) is 1. The van der Waals surface area contributed by atoms with Crippen LogP contribution in [0.5, 0.6) is 0 Å². The van der Waals surface area contributed by atoms with E-state index in [0.29, 0.717) is 12.5 Å². The number of ether oxygens (including phenoxy) is 1. The Morgan fingerprint density at radius 1 is 1.29 bits per heavy atom. The van der Waals surface area contributed by atoms with Crippen molar-refractivity contribution in [3.05, 3.63) is 29.8 Å². The van der Waals surface area contributed by atoms with Gasteiger partial charge in [0.1, 0.15) is 0 Å². The van der Waals surface area contributed by atoms with Gasteiger partial charge in [-0.3, -0.25) is 0 Å². The largest absolute Gasteiger partial charge is 0.382 e. The molecular formula is C14H18N2O. The highest BCUT2D eigenvalue weighted by atomic mass is 16.5. The first-order valence-corrected chi connectivity index (χ1v) is 6.20. The maximum atomic E-state index is 8.58. The lowest BCUT2D eigenvalue weighted by Gasteiger charge is -2.23. The molecule has 17 heavy (non-hydrogen) atoms. The van der Waals surface area contributed by atoms with Crippen LogP contribution in [0.3, 0.4) is 0 Å². The minimum atomic E-state index is 0.350. The van der Waals surface area contributed by atoms with Crippen LogP contribution in [-0.4, -0.2) is 19.3 Å². The topological polar surface area (TPSA) is 45.0 Å². The Balaban J connectivity index is 1.80. The Bertz CT molecular complexity index is 374. The Kier molecular flexibility index (Phi) is 4.40. The van der Waals surface area contributed by atoms with Gasteiger partial charge in [0.2, 0.25) is 0 Å². The van der Waals surface area contributed by atoms with Gasteiger partial charge in [0.25, 0.3) is 0 Å². The highest BCUT2D eigenvalue weighted by Crippen LogP contribution is 2.15. The molecule has 1 fully saturated rings. The number of rotatable bonds is 4. The van der Waals surface area contributed by atoms with Crippen LogP contribution in [-0.2, 0) is 11.2 Å². The molecule has 0 radical (unpaired) electrons. The summed E-state index contributed by atoms with van der Waals surface area (Å²) < 4.78 is 5.66. The maximum absolute atomic E-state index is 8.58. The van der Waals surface area contributed by atoms with Crippen molar-refractivity contribution in [2.24, 2.45) is 0 Å². The van der Waals surface area contributed by atoms with E-state index in [9.17, 15) is 0 Å². The van der Waals surface area contributed by atoms with E-state index in [4.69, 9.17) is 10.00 Å². The van der Waals surface area contributed by atoms with Crippen molar-refractivity contribution in [2.75, 3.05) is 18.5 Å². The van der Waals surface area contributed by atoms with Gasteiger partial charge in [-0.15, -0.1) is 0 Å². The van der Waals surface area contributed by atoms with Crippen LogP contribution in [0, 0.1) is 11.3 Å². The lowest BCUT2D eigenvalue weighted by atomic mass is 10.1. The zero-order chi connectivity index (χ0) is 11.9. The number of anilines is 1. The highest BCUT2D eigenvalue weighted by molar-refractivity contribution is 5.45. The first-order valence-electron chi connectivity index (χ1n) is 6.20. The summed E-state index contributed by atoms with van der Waals surface area (Å²) in [5.74, 6) is 0. The van der Waals surface area contributed by atoms with Crippen LogP contribution in [0.15, 0.2) is 24.3 Å². The van der Waals surface area contributed by atoms with Crippen molar-refractivity contribution >= 4 is 5.69 Å². The van der Waals surface area contributed by atoms with Crippen molar-refractivity contribution in [2.45, 2.75) is 31.8 Å². The second-order valence-corrected chi connectivity index (χ2v) is 4.40. The van der Waals surface area contributed by atoms with E-state index in [1.807, 2.05) is 24.3 Å². The van der Waals surface area contributed by atoms with E-state index in [1.165, 1.54) is 12.8 Å². The van der Waals surface area contributed by atoms with Crippen molar-refractivity contribution in [3.63, 3.8) is 0 Å². The summed E-state index contributed by atoms with van der Waals surface area (Å²) in [5, 5.41) is 12.0. The smallest absolute Gasteiger partial charge is 0.0747 e. The van der Waals surface area contributed by atoms with Crippen molar-refractivity contribution < 1.29 is 4.74 Å². The summed E-state index contributed by atoms with van der Waals surface area (Å²) in [5.41, 5.74) is 2.16. The Labute approximate surface area is 102 Å². The summed E-state index contributed by atoms with van der Waals surface area (Å²) in [6.07, 6.45) is 4.45. The molecule has 3 heteroatoms. The molecule has 90 valence electrons. The van der Waals surface area contributed by atoms with E-state index in [0.717, 1.165) is 30.8 Å². The molecule has 1 aliphatic rings. The van der Waals surface area contributed by atoms with Crippen LogP contribution in [0.2, 0.25) is 0 Å². The molecule has 0 amide bonds. The zero-order valence-corrected chi connectivity index (χ0v) is 9.98. The average Bonchev–Trinajstić information content (AvgIpc) is 2.40. The molecule has 0 bridgehead atoms. The van der Waals surface area contributed by atoms with Gasteiger partial charge in [-0.2, -0.15) is 5.26 Å². The van der Waals surface area contributed by atoms with Crippen LogP contribution in [0.25, 0.3) is 0 Å². The zero-order valence-electron chi connectivity index (χ0n) is 9.98. The highest BCUT2D eigenvalue weighted by Gasteiger charge is 2.12. The molecule has 3 nitrogen and oxygen atoms in total. The van der Waals surface area contributed by atoms with Crippen LogP contribution < -0.4 is 5.32 Å². The second-order valence-electron chi connectivity index (χ2n) is 4.40. The number of nitriles is 1. The fourth-order valence-electron chi connectivity index (χ4n) is 2.03. The molecular weight excluding hydrogens is 212 g/mol. The molecule has 0 aromatic heterocycles. The monoisotopic (exact) mass is 230 g/mol. The quantitative estimate of drug-likeness (QED) is 0.865. The number of hydrogen-bond acceptors (Lipinski definition) is 3. The van der Waals surface area contributed by atoms with E-state index in [1.54, 1.807) is 0 Å². The Morgan fingerprint density at radius 3 is 2.76 bits per heavy atom.